The molecule has 27 heavy (non-hydrogen) atoms. The number of nitrogens with zero attached hydrogens (tertiary/aromatic N) is 3. The molecular formula is C19H16F3N3O2. The van der Waals surface area contributed by atoms with Gasteiger partial charge in [-0.15, -0.1) is 10.2 Å². The van der Waals surface area contributed by atoms with E-state index in [1.165, 1.54) is 12.1 Å². The summed E-state index contributed by atoms with van der Waals surface area (Å²) in [6, 6.07) is 8.84. The maximum absolute atomic E-state index is 13.2. The average Bonchev–Trinajstić information content (AvgIpc) is 3.19. The molecule has 0 radical (unpaired) electrons. The van der Waals surface area contributed by atoms with Gasteiger partial charge in [0.05, 0.1) is 16.5 Å². The van der Waals surface area contributed by atoms with Crippen LogP contribution in [0.25, 0.3) is 11.5 Å². The molecule has 3 heterocycles. The summed E-state index contributed by atoms with van der Waals surface area (Å²) in [6.07, 6.45) is -0.272. The Morgan fingerprint density at radius 2 is 1.81 bits per heavy atom. The van der Waals surface area contributed by atoms with Crippen LogP contribution < -0.4 is 0 Å². The number of hydrogen-bond donors (Lipinski definition) is 0. The van der Waals surface area contributed by atoms with Crippen molar-refractivity contribution in [2.45, 2.75) is 24.4 Å². The molecule has 1 fully saturated rings. The molecule has 1 aromatic carbocycles. The summed E-state index contributed by atoms with van der Waals surface area (Å²) in [5.74, 6) is 0.583. The average molecular weight is 375 g/mol. The summed E-state index contributed by atoms with van der Waals surface area (Å²) in [7, 11) is 0. The maximum atomic E-state index is 13.2. The minimum absolute atomic E-state index is 0.288. The first kappa shape index (κ1) is 17.7. The molecule has 0 amide bonds. The van der Waals surface area contributed by atoms with E-state index in [-0.39, 0.29) is 5.89 Å². The summed E-state index contributed by atoms with van der Waals surface area (Å²) in [5.41, 5.74) is -0.352. The van der Waals surface area contributed by atoms with Crippen LogP contribution in [0.1, 0.15) is 29.9 Å². The number of alkyl halides is 3. The number of pyridine rings is 1. The third-order valence-corrected chi connectivity index (χ3v) is 4.83. The monoisotopic (exact) mass is 375 g/mol. The maximum Gasteiger partial charge on any atom is 0.416 e. The van der Waals surface area contributed by atoms with Gasteiger partial charge < -0.3 is 9.15 Å². The van der Waals surface area contributed by atoms with Gasteiger partial charge in [-0.2, -0.15) is 13.2 Å². The van der Waals surface area contributed by atoms with E-state index in [1.807, 2.05) is 0 Å². The van der Waals surface area contributed by atoms with Crippen molar-refractivity contribution < 1.29 is 22.3 Å². The highest BCUT2D eigenvalue weighted by Crippen LogP contribution is 2.43. The standard InChI is InChI=1S/C19H16F3N3O2/c20-19(21,22)15-5-1-4-14(11-15)18(6-9-26-10-7-18)17-25-24-16(27-17)13-3-2-8-23-12-13/h1-5,8,11-12H,6-7,9-10H2. The van der Waals surface area contributed by atoms with E-state index in [0.717, 1.165) is 6.07 Å². The molecule has 1 saturated heterocycles. The van der Waals surface area contributed by atoms with Crippen molar-refractivity contribution in [1.82, 2.24) is 15.2 Å². The van der Waals surface area contributed by atoms with E-state index < -0.39 is 17.2 Å². The normalized spacial score (nSPS) is 17.0. The molecular weight excluding hydrogens is 359 g/mol. The summed E-state index contributed by atoms with van der Waals surface area (Å²) in [5, 5.41) is 8.26. The number of halogens is 3. The van der Waals surface area contributed by atoms with Gasteiger partial charge >= 0.3 is 6.18 Å². The van der Waals surface area contributed by atoms with Crippen LogP contribution in [0.15, 0.2) is 53.2 Å². The second kappa shape index (κ2) is 6.77. The van der Waals surface area contributed by atoms with E-state index in [0.29, 0.717) is 43.1 Å². The molecule has 0 bridgehead atoms. The number of aromatic nitrogens is 3. The molecule has 1 aliphatic heterocycles. The van der Waals surface area contributed by atoms with Crippen molar-refractivity contribution in [3.05, 3.63) is 65.8 Å². The van der Waals surface area contributed by atoms with Gasteiger partial charge in [0.15, 0.2) is 0 Å². The van der Waals surface area contributed by atoms with E-state index in [1.54, 1.807) is 30.6 Å². The van der Waals surface area contributed by atoms with Crippen LogP contribution >= 0.6 is 0 Å². The molecule has 0 aliphatic carbocycles. The van der Waals surface area contributed by atoms with Crippen molar-refractivity contribution in [2.75, 3.05) is 13.2 Å². The zero-order chi connectivity index (χ0) is 18.9. The Labute approximate surface area is 153 Å². The van der Waals surface area contributed by atoms with Crippen LogP contribution in [-0.4, -0.2) is 28.4 Å². The lowest BCUT2D eigenvalue weighted by Gasteiger charge is -2.34. The quantitative estimate of drug-likeness (QED) is 0.685. The van der Waals surface area contributed by atoms with Crippen molar-refractivity contribution in [2.24, 2.45) is 0 Å². The fourth-order valence-corrected chi connectivity index (χ4v) is 3.36. The topological polar surface area (TPSA) is 61.0 Å². The highest BCUT2D eigenvalue weighted by atomic mass is 19.4. The van der Waals surface area contributed by atoms with E-state index in [2.05, 4.69) is 15.2 Å². The largest absolute Gasteiger partial charge is 0.420 e. The first-order valence-corrected chi connectivity index (χ1v) is 8.49. The molecule has 0 spiro atoms. The second-order valence-electron chi connectivity index (χ2n) is 6.43. The highest BCUT2D eigenvalue weighted by molar-refractivity contribution is 5.50. The Hall–Kier alpha value is -2.74. The molecule has 4 rings (SSSR count). The second-order valence-corrected chi connectivity index (χ2v) is 6.43. The van der Waals surface area contributed by atoms with Gasteiger partial charge in [-0.05, 0) is 36.6 Å². The Kier molecular flexibility index (Phi) is 4.43. The van der Waals surface area contributed by atoms with Gasteiger partial charge in [-0.1, -0.05) is 18.2 Å². The predicted octanol–water partition coefficient (Wildman–Crippen LogP) is 4.25. The Morgan fingerprint density at radius 3 is 2.52 bits per heavy atom. The van der Waals surface area contributed by atoms with Crippen molar-refractivity contribution in [3.63, 3.8) is 0 Å². The fraction of sp³-hybridized carbons (Fsp3) is 0.316. The van der Waals surface area contributed by atoms with Crippen molar-refractivity contribution in [1.29, 1.82) is 0 Å². The molecule has 2 aromatic heterocycles. The van der Waals surface area contributed by atoms with Crippen LogP contribution in [0.2, 0.25) is 0 Å². The molecule has 140 valence electrons. The van der Waals surface area contributed by atoms with Gasteiger partial charge in [0.1, 0.15) is 0 Å². The Balaban J connectivity index is 1.79. The van der Waals surface area contributed by atoms with E-state index >= 15 is 0 Å². The Bertz CT molecular complexity index is 919. The molecule has 0 atom stereocenters. The van der Waals surface area contributed by atoms with Crippen molar-refractivity contribution in [3.8, 4) is 11.5 Å². The molecule has 0 unspecified atom stereocenters. The zero-order valence-corrected chi connectivity index (χ0v) is 14.2. The van der Waals surface area contributed by atoms with Gasteiger partial charge in [-0.25, -0.2) is 0 Å². The number of hydrogen-bond acceptors (Lipinski definition) is 5. The van der Waals surface area contributed by atoms with Crippen LogP contribution in [0, 0.1) is 0 Å². The fourth-order valence-electron chi connectivity index (χ4n) is 3.36. The highest BCUT2D eigenvalue weighted by Gasteiger charge is 2.43. The molecule has 3 aromatic rings. The number of ether oxygens (including phenoxy) is 1. The van der Waals surface area contributed by atoms with Gasteiger partial charge in [-0.3, -0.25) is 4.98 Å². The SMILES string of the molecule is FC(F)(F)c1cccc(C2(c3nnc(-c4cccnc4)o3)CCOCC2)c1. The lowest BCUT2D eigenvalue weighted by atomic mass is 9.73. The first-order chi connectivity index (χ1) is 13.0. The predicted molar refractivity (Wildman–Crippen MR) is 89.8 cm³/mol. The third-order valence-electron chi connectivity index (χ3n) is 4.83. The lowest BCUT2D eigenvalue weighted by molar-refractivity contribution is -0.137. The number of benzene rings is 1. The summed E-state index contributed by atoms with van der Waals surface area (Å²) >= 11 is 0. The molecule has 1 aliphatic rings. The third kappa shape index (κ3) is 3.32. The minimum Gasteiger partial charge on any atom is -0.420 e. The Morgan fingerprint density at radius 1 is 1.00 bits per heavy atom. The van der Waals surface area contributed by atoms with E-state index in [9.17, 15) is 13.2 Å². The number of rotatable bonds is 3. The van der Waals surface area contributed by atoms with Crippen LogP contribution in [-0.2, 0) is 16.3 Å². The summed E-state index contributed by atoms with van der Waals surface area (Å²) < 4.78 is 50.9. The smallest absolute Gasteiger partial charge is 0.416 e. The van der Waals surface area contributed by atoms with Crippen LogP contribution in [0.4, 0.5) is 13.2 Å². The van der Waals surface area contributed by atoms with Gasteiger partial charge in [0.2, 0.25) is 11.8 Å². The zero-order valence-electron chi connectivity index (χ0n) is 14.2. The van der Waals surface area contributed by atoms with Crippen molar-refractivity contribution >= 4 is 0 Å². The summed E-state index contributed by atoms with van der Waals surface area (Å²) in [4.78, 5) is 4.02. The van der Waals surface area contributed by atoms with E-state index in [4.69, 9.17) is 9.15 Å². The van der Waals surface area contributed by atoms with Crippen LogP contribution in [0.5, 0.6) is 0 Å². The summed E-state index contributed by atoms with van der Waals surface area (Å²) in [6.45, 7) is 0.807. The molecule has 8 heteroatoms. The van der Waals surface area contributed by atoms with Crippen LogP contribution in [0.3, 0.4) is 0 Å². The lowest BCUT2D eigenvalue weighted by Crippen LogP contribution is -2.35. The van der Waals surface area contributed by atoms with Gasteiger partial charge in [0.25, 0.3) is 0 Å². The first-order valence-electron chi connectivity index (χ1n) is 8.49. The van der Waals surface area contributed by atoms with Gasteiger partial charge in [0, 0.05) is 25.6 Å². The molecule has 0 N–H and O–H groups in total. The minimum atomic E-state index is -4.42. The molecule has 5 nitrogen and oxygen atoms in total. The molecule has 0 saturated carbocycles.